The van der Waals surface area contributed by atoms with Crippen LogP contribution in [0.15, 0.2) is 36.9 Å². The molecule has 110 valence electrons. The van der Waals surface area contributed by atoms with Gasteiger partial charge in [-0.15, -0.1) is 0 Å². The normalized spacial score (nSPS) is 11.2. The van der Waals surface area contributed by atoms with E-state index in [0.717, 1.165) is 0 Å². The predicted octanol–water partition coefficient (Wildman–Crippen LogP) is 2.09. The van der Waals surface area contributed by atoms with Gasteiger partial charge < -0.3 is 4.74 Å². The lowest BCUT2D eigenvalue weighted by Crippen LogP contribution is -2.38. The average molecular weight is 308 g/mol. The molecule has 0 unspecified atom stereocenters. The Morgan fingerprint density at radius 1 is 1.29 bits per heavy atom. The number of hydrogen-bond acceptors (Lipinski definition) is 5. The van der Waals surface area contributed by atoms with Crippen molar-refractivity contribution in [1.82, 2.24) is 14.8 Å². The molecular weight excluding hydrogens is 294 g/mol. The van der Waals surface area contributed by atoms with Crippen molar-refractivity contribution in [3.05, 3.63) is 47.5 Å². The summed E-state index contributed by atoms with van der Waals surface area (Å²) in [6, 6.07) is 6.38. The molecule has 2 aromatic rings. The molecule has 0 aliphatic heterocycles. The lowest BCUT2D eigenvalue weighted by molar-refractivity contribution is -0.152. The third-order valence-corrected chi connectivity index (χ3v) is 3.24. The number of ether oxygens (including phenoxy) is 1. The minimum absolute atomic E-state index is 0.297. The summed E-state index contributed by atoms with van der Waals surface area (Å²) in [6.45, 7) is 2.94. The van der Waals surface area contributed by atoms with Crippen LogP contribution in [0.4, 0.5) is 0 Å². The summed E-state index contributed by atoms with van der Waals surface area (Å²) in [5.74, 6) is -0.857. The van der Waals surface area contributed by atoms with Gasteiger partial charge in [0.05, 0.1) is 0 Å². The van der Waals surface area contributed by atoms with Crippen LogP contribution in [0.3, 0.4) is 0 Å². The van der Waals surface area contributed by atoms with Crippen molar-refractivity contribution in [2.45, 2.75) is 19.4 Å². The molecule has 21 heavy (non-hydrogen) atoms. The molecule has 0 aliphatic rings. The second-order valence-corrected chi connectivity index (χ2v) is 5.34. The molecular formula is C14H14ClN3O3. The molecule has 0 fully saturated rings. The molecule has 0 saturated carbocycles. The highest BCUT2D eigenvalue weighted by molar-refractivity contribution is 6.30. The first kappa shape index (κ1) is 15.2. The van der Waals surface area contributed by atoms with Crippen molar-refractivity contribution < 1.29 is 14.3 Å². The lowest BCUT2D eigenvalue weighted by Gasteiger charge is -2.22. The van der Waals surface area contributed by atoms with Crippen LogP contribution in [0.1, 0.15) is 24.2 Å². The maximum Gasteiger partial charge on any atom is 0.334 e. The van der Waals surface area contributed by atoms with E-state index in [1.54, 1.807) is 38.1 Å². The van der Waals surface area contributed by atoms with Crippen LogP contribution in [-0.2, 0) is 15.1 Å². The molecule has 1 heterocycles. The zero-order valence-electron chi connectivity index (χ0n) is 11.6. The Labute approximate surface area is 126 Å². The molecule has 1 aromatic carbocycles. The van der Waals surface area contributed by atoms with Crippen LogP contribution >= 0.6 is 11.6 Å². The van der Waals surface area contributed by atoms with Gasteiger partial charge in [0.15, 0.2) is 17.9 Å². The van der Waals surface area contributed by atoms with Gasteiger partial charge in [-0.05, 0) is 38.1 Å². The van der Waals surface area contributed by atoms with Gasteiger partial charge in [0, 0.05) is 10.6 Å². The number of carbonyl (C=O) groups is 2. The number of hydrogen-bond donors (Lipinski definition) is 0. The summed E-state index contributed by atoms with van der Waals surface area (Å²) < 4.78 is 6.44. The lowest BCUT2D eigenvalue weighted by atomic mass is 10.1. The van der Waals surface area contributed by atoms with E-state index in [4.69, 9.17) is 16.3 Å². The van der Waals surface area contributed by atoms with Gasteiger partial charge in [-0.3, -0.25) is 4.79 Å². The number of esters is 1. The van der Waals surface area contributed by atoms with E-state index in [1.165, 1.54) is 17.3 Å². The van der Waals surface area contributed by atoms with Crippen molar-refractivity contribution in [1.29, 1.82) is 0 Å². The van der Waals surface area contributed by atoms with E-state index >= 15 is 0 Å². The van der Waals surface area contributed by atoms with Gasteiger partial charge in [0.1, 0.15) is 12.7 Å². The van der Waals surface area contributed by atoms with E-state index in [0.29, 0.717) is 10.6 Å². The van der Waals surface area contributed by atoms with E-state index in [-0.39, 0.29) is 12.4 Å². The highest BCUT2D eigenvalue weighted by Gasteiger charge is 2.32. The van der Waals surface area contributed by atoms with Crippen molar-refractivity contribution in [2.75, 3.05) is 6.61 Å². The predicted molar refractivity (Wildman–Crippen MR) is 76.1 cm³/mol. The smallest absolute Gasteiger partial charge is 0.334 e. The van der Waals surface area contributed by atoms with Gasteiger partial charge in [0.25, 0.3) is 0 Å². The number of rotatable bonds is 5. The third kappa shape index (κ3) is 3.46. The van der Waals surface area contributed by atoms with E-state index < -0.39 is 11.5 Å². The van der Waals surface area contributed by atoms with Crippen LogP contribution in [0, 0.1) is 0 Å². The Morgan fingerprint density at radius 3 is 2.52 bits per heavy atom. The molecule has 0 radical (unpaired) electrons. The molecule has 7 heteroatoms. The summed E-state index contributed by atoms with van der Waals surface area (Å²) in [6.07, 6.45) is 2.75. The van der Waals surface area contributed by atoms with Crippen molar-refractivity contribution >= 4 is 23.4 Å². The molecule has 0 bridgehead atoms. The number of benzene rings is 1. The van der Waals surface area contributed by atoms with Crippen LogP contribution in [-0.4, -0.2) is 33.1 Å². The standard InChI is InChI=1S/C14H14ClN3O3/c1-14(2,18-9-16-8-17-18)13(20)21-7-12(19)10-3-5-11(15)6-4-10/h3-6,8-9H,7H2,1-2H3. The van der Waals surface area contributed by atoms with E-state index in [1.807, 2.05) is 0 Å². The topological polar surface area (TPSA) is 74.1 Å². The van der Waals surface area contributed by atoms with Crippen molar-refractivity contribution in [2.24, 2.45) is 0 Å². The Balaban J connectivity index is 1.98. The molecule has 2 rings (SSSR count). The van der Waals surface area contributed by atoms with Crippen molar-refractivity contribution in [3.8, 4) is 0 Å². The van der Waals surface area contributed by atoms with E-state index in [2.05, 4.69) is 10.1 Å². The summed E-state index contributed by atoms with van der Waals surface area (Å²) in [5.41, 5.74) is -0.595. The first-order valence-electron chi connectivity index (χ1n) is 6.22. The van der Waals surface area contributed by atoms with Gasteiger partial charge in [-0.25, -0.2) is 14.5 Å². The molecule has 0 amide bonds. The highest BCUT2D eigenvalue weighted by atomic mass is 35.5. The zero-order valence-corrected chi connectivity index (χ0v) is 12.4. The number of halogens is 1. The molecule has 0 aliphatic carbocycles. The second-order valence-electron chi connectivity index (χ2n) is 4.91. The maximum absolute atomic E-state index is 12.1. The van der Waals surface area contributed by atoms with Gasteiger partial charge in [0.2, 0.25) is 0 Å². The molecule has 1 aromatic heterocycles. The summed E-state index contributed by atoms with van der Waals surface area (Å²) in [7, 11) is 0. The summed E-state index contributed by atoms with van der Waals surface area (Å²) in [5, 5.41) is 4.45. The first-order chi connectivity index (χ1) is 9.91. The average Bonchev–Trinajstić information content (AvgIpc) is 3.00. The maximum atomic E-state index is 12.1. The fourth-order valence-electron chi connectivity index (χ4n) is 1.62. The number of carbonyl (C=O) groups excluding carboxylic acids is 2. The van der Waals surface area contributed by atoms with Crippen LogP contribution in [0.25, 0.3) is 0 Å². The monoisotopic (exact) mass is 307 g/mol. The molecule has 0 saturated heterocycles. The Morgan fingerprint density at radius 2 is 1.95 bits per heavy atom. The number of aromatic nitrogens is 3. The van der Waals surface area contributed by atoms with Gasteiger partial charge in [-0.1, -0.05) is 11.6 Å². The van der Waals surface area contributed by atoms with Crippen LogP contribution in [0.5, 0.6) is 0 Å². The zero-order chi connectivity index (χ0) is 15.5. The fourth-order valence-corrected chi connectivity index (χ4v) is 1.74. The molecule has 6 nitrogen and oxygen atoms in total. The molecule has 0 N–H and O–H groups in total. The minimum Gasteiger partial charge on any atom is -0.455 e. The Bertz CT molecular complexity index is 636. The number of nitrogens with zero attached hydrogens (tertiary/aromatic N) is 3. The molecule has 0 atom stereocenters. The quantitative estimate of drug-likeness (QED) is 0.624. The second kappa shape index (κ2) is 6.05. The van der Waals surface area contributed by atoms with Crippen molar-refractivity contribution in [3.63, 3.8) is 0 Å². The van der Waals surface area contributed by atoms with Gasteiger partial charge in [-0.2, -0.15) is 5.10 Å². The largest absolute Gasteiger partial charge is 0.455 e. The highest BCUT2D eigenvalue weighted by Crippen LogP contribution is 2.15. The SMILES string of the molecule is CC(C)(C(=O)OCC(=O)c1ccc(Cl)cc1)n1cncn1. The Kier molecular flexibility index (Phi) is 4.37. The summed E-state index contributed by atoms with van der Waals surface area (Å²) >= 11 is 5.75. The van der Waals surface area contributed by atoms with E-state index in [9.17, 15) is 9.59 Å². The van der Waals surface area contributed by atoms with Crippen LogP contribution in [0.2, 0.25) is 5.02 Å². The first-order valence-corrected chi connectivity index (χ1v) is 6.60. The Hall–Kier alpha value is -2.21. The summed E-state index contributed by atoms with van der Waals surface area (Å²) in [4.78, 5) is 27.8. The minimum atomic E-state index is -1.03. The molecule has 0 spiro atoms. The number of ketones is 1. The third-order valence-electron chi connectivity index (χ3n) is 2.99. The van der Waals surface area contributed by atoms with Crippen LogP contribution < -0.4 is 0 Å². The fraction of sp³-hybridized carbons (Fsp3) is 0.286. The van der Waals surface area contributed by atoms with Gasteiger partial charge >= 0.3 is 5.97 Å². The number of Topliss-reactive ketones (excluding diaryl/α,β-unsaturated/α-hetero) is 1.